The Morgan fingerprint density at radius 2 is 1.73 bits per heavy atom. The van der Waals surface area contributed by atoms with E-state index in [2.05, 4.69) is 25.6 Å². The molecule has 1 aromatic carbocycles. The van der Waals surface area contributed by atoms with Crippen molar-refractivity contribution in [2.24, 2.45) is 5.10 Å². The van der Waals surface area contributed by atoms with Crippen molar-refractivity contribution >= 4 is 35.4 Å². The first-order chi connectivity index (χ1) is 12.4. The molecule has 0 spiro atoms. The van der Waals surface area contributed by atoms with Gasteiger partial charge in [-0.05, 0) is 44.5 Å². The van der Waals surface area contributed by atoms with Gasteiger partial charge in [-0.25, -0.2) is 20.1 Å². The van der Waals surface area contributed by atoms with Crippen molar-refractivity contribution in [1.82, 2.24) is 19.7 Å². The van der Waals surface area contributed by atoms with Gasteiger partial charge in [-0.15, -0.1) is 0 Å². The van der Waals surface area contributed by atoms with E-state index in [4.69, 9.17) is 23.2 Å². The van der Waals surface area contributed by atoms with Crippen LogP contribution >= 0.6 is 23.2 Å². The van der Waals surface area contributed by atoms with Crippen LogP contribution in [0.3, 0.4) is 0 Å². The zero-order valence-electron chi connectivity index (χ0n) is 14.7. The van der Waals surface area contributed by atoms with Crippen molar-refractivity contribution in [2.75, 3.05) is 5.43 Å². The molecule has 0 aliphatic carbocycles. The number of benzene rings is 1. The molecule has 26 heavy (non-hydrogen) atoms. The van der Waals surface area contributed by atoms with Gasteiger partial charge in [0.1, 0.15) is 5.15 Å². The van der Waals surface area contributed by atoms with Gasteiger partial charge < -0.3 is 0 Å². The lowest BCUT2D eigenvalue weighted by atomic mass is 10.2. The Balaban J connectivity index is 1.76. The second kappa shape index (κ2) is 7.85. The highest BCUT2D eigenvalue weighted by Crippen LogP contribution is 2.20. The van der Waals surface area contributed by atoms with E-state index in [1.165, 1.54) is 0 Å². The average Bonchev–Trinajstić information content (AvgIpc) is 2.83. The average molecular weight is 389 g/mol. The molecule has 3 rings (SSSR count). The van der Waals surface area contributed by atoms with Crippen LogP contribution in [0.4, 0.5) is 5.95 Å². The zero-order valence-corrected chi connectivity index (χ0v) is 16.2. The number of rotatable bonds is 5. The second-order valence-electron chi connectivity index (χ2n) is 5.92. The number of nitrogens with zero attached hydrogens (tertiary/aromatic N) is 5. The largest absolute Gasteiger partial charge is 0.249 e. The molecule has 0 aliphatic heterocycles. The van der Waals surface area contributed by atoms with E-state index in [1.807, 2.05) is 51.1 Å². The molecule has 6 nitrogen and oxygen atoms in total. The summed E-state index contributed by atoms with van der Waals surface area (Å²) >= 11 is 12.4. The Bertz CT molecular complexity index is 927. The minimum atomic E-state index is 0.445. The van der Waals surface area contributed by atoms with Gasteiger partial charge in [0.2, 0.25) is 5.95 Å². The zero-order chi connectivity index (χ0) is 18.7. The van der Waals surface area contributed by atoms with Gasteiger partial charge in [-0.2, -0.15) is 10.2 Å². The van der Waals surface area contributed by atoms with Gasteiger partial charge in [0.25, 0.3) is 0 Å². The third kappa shape index (κ3) is 4.39. The molecule has 0 aliphatic rings. The lowest BCUT2D eigenvalue weighted by Gasteiger charge is -2.04. The molecule has 0 fully saturated rings. The molecule has 8 heteroatoms. The predicted molar refractivity (Wildman–Crippen MR) is 105 cm³/mol. The molecule has 0 bridgehead atoms. The smallest absolute Gasteiger partial charge is 0.243 e. The van der Waals surface area contributed by atoms with Crippen molar-refractivity contribution in [3.8, 4) is 0 Å². The first-order valence-electron chi connectivity index (χ1n) is 8.01. The van der Waals surface area contributed by atoms with Crippen LogP contribution in [0.15, 0.2) is 35.4 Å². The first-order valence-corrected chi connectivity index (χ1v) is 8.76. The number of anilines is 1. The normalized spacial score (nSPS) is 11.3. The third-order valence-electron chi connectivity index (χ3n) is 3.70. The number of hydrogen-bond acceptors (Lipinski definition) is 5. The summed E-state index contributed by atoms with van der Waals surface area (Å²) in [4.78, 5) is 8.56. The fourth-order valence-corrected chi connectivity index (χ4v) is 2.92. The second-order valence-corrected chi connectivity index (χ2v) is 6.71. The first kappa shape index (κ1) is 18.4. The monoisotopic (exact) mass is 388 g/mol. The number of hydrogen-bond donors (Lipinski definition) is 1. The van der Waals surface area contributed by atoms with Crippen LogP contribution in [0.1, 0.15) is 28.2 Å². The van der Waals surface area contributed by atoms with Crippen molar-refractivity contribution in [1.29, 1.82) is 0 Å². The minimum Gasteiger partial charge on any atom is -0.249 e. The summed E-state index contributed by atoms with van der Waals surface area (Å²) in [5, 5.41) is 9.89. The molecule has 0 saturated heterocycles. The van der Waals surface area contributed by atoms with Crippen LogP contribution < -0.4 is 5.43 Å². The van der Waals surface area contributed by atoms with Crippen molar-refractivity contribution in [3.05, 3.63) is 68.7 Å². The van der Waals surface area contributed by atoms with Gasteiger partial charge in [-0.3, -0.25) is 0 Å². The molecule has 3 aromatic rings. The Morgan fingerprint density at radius 3 is 2.38 bits per heavy atom. The minimum absolute atomic E-state index is 0.445. The summed E-state index contributed by atoms with van der Waals surface area (Å²) in [5.41, 5.74) is 7.18. The van der Waals surface area contributed by atoms with Gasteiger partial charge in [0, 0.05) is 16.4 Å². The summed E-state index contributed by atoms with van der Waals surface area (Å²) in [6.45, 7) is 6.26. The number of hydrazone groups is 1. The van der Waals surface area contributed by atoms with E-state index in [0.717, 1.165) is 28.2 Å². The maximum atomic E-state index is 6.47. The number of aromatic nitrogens is 4. The van der Waals surface area contributed by atoms with Crippen LogP contribution in [0.25, 0.3) is 0 Å². The molecule has 0 unspecified atom stereocenters. The highest BCUT2D eigenvalue weighted by Gasteiger charge is 2.12. The molecule has 0 amide bonds. The Kier molecular flexibility index (Phi) is 5.54. The van der Waals surface area contributed by atoms with Crippen LogP contribution in [0, 0.1) is 20.8 Å². The van der Waals surface area contributed by atoms with Gasteiger partial charge in [-0.1, -0.05) is 35.3 Å². The molecule has 2 heterocycles. The van der Waals surface area contributed by atoms with Crippen LogP contribution in [0.5, 0.6) is 0 Å². The highest BCUT2D eigenvalue weighted by atomic mass is 35.5. The SMILES string of the molecule is Cc1cc(C)nc(N/N=C\c2c(C)nn(Cc3ccc(Cl)cc3)c2Cl)n1. The van der Waals surface area contributed by atoms with Crippen LogP contribution in [-0.4, -0.2) is 26.0 Å². The third-order valence-corrected chi connectivity index (χ3v) is 4.35. The van der Waals surface area contributed by atoms with E-state index < -0.39 is 0 Å². The van der Waals surface area contributed by atoms with E-state index in [9.17, 15) is 0 Å². The molecule has 2 aromatic heterocycles. The Hall–Kier alpha value is -2.44. The standard InChI is InChI=1S/C18H18Cl2N6/c1-11-8-12(2)23-18(22-11)24-21-9-16-13(3)25-26(17(16)20)10-14-4-6-15(19)7-5-14/h4-9H,10H2,1-3H3,(H,22,23,24)/b21-9-. The summed E-state index contributed by atoms with van der Waals surface area (Å²) < 4.78 is 1.73. The van der Waals surface area contributed by atoms with Gasteiger partial charge in [0.05, 0.1) is 24.0 Å². The van der Waals surface area contributed by atoms with Crippen molar-refractivity contribution in [2.45, 2.75) is 27.3 Å². The topological polar surface area (TPSA) is 68.0 Å². The molecular formula is C18H18Cl2N6. The fraction of sp³-hybridized carbons (Fsp3) is 0.222. The van der Waals surface area contributed by atoms with Crippen molar-refractivity contribution in [3.63, 3.8) is 0 Å². The molecular weight excluding hydrogens is 371 g/mol. The van der Waals surface area contributed by atoms with Crippen LogP contribution in [-0.2, 0) is 6.54 Å². The predicted octanol–water partition coefficient (Wildman–Crippen LogP) is 4.40. The summed E-state index contributed by atoms with van der Waals surface area (Å²) in [6.07, 6.45) is 1.63. The Labute approximate surface area is 161 Å². The molecule has 0 atom stereocenters. The number of halogens is 2. The Morgan fingerprint density at radius 1 is 1.08 bits per heavy atom. The quantitative estimate of drug-likeness (QED) is 0.519. The highest BCUT2D eigenvalue weighted by molar-refractivity contribution is 6.32. The van der Waals surface area contributed by atoms with E-state index in [-0.39, 0.29) is 0 Å². The lowest BCUT2D eigenvalue weighted by Crippen LogP contribution is -2.02. The number of nitrogens with one attached hydrogen (secondary N) is 1. The molecule has 0 radical (unpaired) electrons. The van der Waals surface area contributed by atoms with E-state index >= 15 is 0 Å². The summed E-state index contributed by atoms with van der Waals surface area (Å²) in [5.74, 6) is 0.445. The summed E-state index contributed by atoms with van der Waals surface area (Å²) in [6, 6.07) is 9.48. The maximum Gasteiger partial charge on any atom is 0.243 e. The number of aryl methyl sites for hydroxylation is 3. The lowest BCUT2D eigenvalue weighted by molar-refractivity contribution is 0.680. The fourth-order valence-electron chi connectivity index (χ4n) is 2.51. The molecule has 1 N–H and O–H groups in total. The molecule has 0 saturated carbocycles. The van der Waals surface area contributed by atoms with Gasteiger partial charge >= 0.3 is 0 Å². The summed E-state index contributed by atoms with van der Waals surface area (Å²) in [7, 11) is 0. The van der Waals surface area contributed by atoms with Gasteiger partial charge in [0.15, 0.2) is 0 Å². The van der Waals surface area contributed by atoms with Crippen LogP contribution in [0.2, 0.25) is 10.2 Å². The molecule has 134 valence electrons. The van der Waals surface area contributed by atoms with E-state index in [1.54, 1.807) is 10.9 Å². The van der Waals surface area contributed by atoms with Crippen molar-refractivity contribution < 1.29 is 0 Å². The van der Waals surface area contributed by atoms with E-state index in [0.29, 0.717) is 22.7 Å². The maximum absolute atomic E-state index is 6.47.